The van der Waals surface area contributed by atoms with Crippen molar-refractivity contribution in [2.45, 2.75) is 0 Å². The van der Waals surface area contributed by atoms with Crippen LogP contribution in [0.25, 0.3) is 0 Å². The SMILES string of the molecule is C=C(N)/C=C\C(=C)Nc1ccc(N(C)c2ccc(N)cc2)cc1. The largest absolute Gasteiger partial charge is 0.399 e. The summed E-state index contributed by atoms with van der Waals surface area (Å²) in [6, 6.07) is 15.8. The lowest BCUT2D eigenvalue weighted by atomic mass is 10.2. The smallest absolute Gasteiger partial charge is 0.0409 e. The third-order valence-corrected chi connectivity index (χ3v) is 3.34. The molecule has 0 bridgehead atoms. The maximum atomic E-state index is 5.72. The zero-order chi connectivity index (χ0) is 16.8. The van der Waals surface area contributed by atoms with Gasteiger partial charge < -0.3 is 21.7 Å². The second kappa shape index (κ2) is 7.22. The van der Waals surface area contributed by atoms with Gasteiger partial charge in [-0.2, -0.15) is 0 Å². The van der Waals surface area contributed by atoms with Crippen molar-refractivity contribution in [3.63, 3.8) is 0 Å². The number of benzene rings is 2. The van der Waals surface area contributed by atoms with Crippen LogP contribution in [-0.4, -0.2) is 7.05 Å². The van der Waals surface area contributed by atoms with Gasteiger partial charge in [0.05, 0.1) is 0 Å². The fourth-order valence-corrected chi connectivity index (χ4v) is 2.05. The quantitative estimate of drug-likeness (QED) is 0.557. The molecule has 0 aliphatic carbocycles. The summed E-state index contributed by atoms with van der Waals surface area (Å²) < 4.78 is 0. The number of hydrogen-bond acceptors (Lipinski definition) is 4. The van der Waals surface area contributed by atoms with E-state index in [1.807, 2.05) is 55.6 Å². The molecule has 0 unspecified atom stereocenters. The minimum Gasteiger partial charge on any atom is -0.399 e. The van der Waals surface area contributed by atoms with Crippen molar-refractivity contribution in [1.29, 1.82) is 0 Å². The Labute approximate surface area is 137 Å². The Balaban J connectivity index is 2.05. The summed E-state index contributed by atoms with van der Waals surface area (Å²) in [6.07, 6.45) is 3.50. The second-order valence-corrected chi connectivity index (χ2v) is 5.26. The number of nitrogens with one attached hydrogen (secondary N) is 1. The van der Waals surface area contributed by atoms with Gasteiger partial charge >= 0.3 is 0 Å². The van der Waals surface area contributed by atoms with Crippen LogP contribution in [0.4, 0.5) is 22.7 Å². The van der Waals surface area contributed by atoms with Gasteiger partial charge in [0.1, 0.15) is 0 Å². The number of rotatable bonds is 6. The van der Waals surface area contributed by atoms with Crippen LogP contribution in [0.1, 0.15) is 0 Å². The van der Waals surface area contributed by atoms with E-state index in [9.17, 15) is 0 Å². The van der Waals surface area contributed by atoms with Crippen LogP contribution in [0.15, 0.2) is 85.2 Å². The predicted molar refractivity (Wildman–Crippen MR) is 101 cm³/mol. The molecule has 0 aliphatic rings. The van der Waals surface area contributed by atoms with Crippen LogP contribution in [0.2, 0.25) is 0 Å². The zero-order valence-corrected chi connectivity index (χ0v) is 13.3. The molecule has 0 atom stereocenters. The summed E-state index contributed by atoms with van der Waals surface area (Å²) in [7, 11) is 2.02. The van der Waals surface area contributed by atoms with Crippen molar-refractivity contribution >= 4 is 22.7 Å². The molecule has 2 rings (SSSR count). The number of nitrogens with zero attached hydrogens (tertiary/aromatic N) is 1. The van der Waals surface area contributed by atoms with E-state index in [0.29, 0.717) is 5.70 Å². The molecule has 4 heteroatoms. The molecule has 0 radical (unpaired) electrons. The lowest BCUT2D eigenvalue weighted by Gasteiger charge is -2.20. The van der Waals surface area contributed by atoms with E-state index in [2.05, 4.69) is 23.4 Å². The summed E-state index contributed by atoms with van der Waals surface area (Å²) in [5.41, 5.74) is 16.3. The Morgan fingerprint density at radius 1 is 0.957 bits per heavy atom. The maximum absolute atomic E-state index is 5.72. The van der Waals surface area contributed by atoms with E-state index < -0.39 is 0 Å². The van der Waals surface area contributed by atoms with Crippen molar-refractivity contribution < 1.29 is 0 Å². The molecule has 118 valence electrons. The molecule has 0 saturated heterocycles. The number of nitrogen functional groups attached to an aromatic ring is 1. The average Bonchev–Trinajstić information content (AvgIpc) is 2.54. The van der Waals surface area contributed by atoms with Crippen LogP contribution < -0.4 is 21.7 Å². The fraction of sp³-hybridized carbons (Fsp3) is 0.0526. The van der Waals surface area contributed by atoms with E-state index in [4.69, 9.17) is 11.5 Å². The Morgan fingerprint density at radius 3 is 2.00 bits per heavy atom. The highest BCUT2D eigenvalue weighted by Gasteiger charge is 2.03. The molecule has 0 amide bonds. The van der Waals surface area contributed by atoms with Crippen molar-refractivity contribution in [3.8, 4) is 0 Å². The molecular weight excluding hydrogens is 284 g/mol. The minimum absolute atomic E-state index is 0.494. The molecule has 23 heavy (non-hydrogen) atoms. The van der Waals surface area contributed by atoms with E-state index in [0.717, 1.165) is 28.4 Å². The zero-order valence-electron chi connectivity index (χ0n) is 13.3. The van der Waals surface area contributed by atoms with E-state index in [1.165, 1.54) is 0 Å². The van der Waals surface area contributed by atoms with E-state index >= 15 is 0 Å². The van der Waals surface area contributed by atoms with Crippen LogP contribution in [0.3, 0.4) is 0 Å². The molecule has 2 aromatic carbocycles. The first-order valence-corrected chi connectivity index (χ1v) is 7.23. The molecule has 0 saturated carbocycles. The number of anilines is 4. The summed E-state index contributed by atoms with van der Waals surface area (Å²) in [5.74, 6) is 0. The molecule has 5 N–H and O–H groups in total. The molecule has 2 aromatic rings. The van der Waals surface area contributed by atoms with Gasteiger partial charge in [-0.1, -0.05) is 13.2 Å². The highest BCUT2D eigenvalue weighted by atomic mass is 15.1. The lowest BCUT2D eigenvalue weighted by molar-refractivity contribution is 1.21. The van der Waals surface area contributed by atoms with Crippen LogP contribution >= 0.6 is 0 Å². The Morgan fingerprint density at radius 2 is 1.48 bits per heavy atom. The monoisotopic (exact) mass is 306 g/mol. The summed E-state index contributed by atoms with van der Waals surface area (Å²) in [4.78, 5) is 2.09. The third kappa shape index (κ3) is 4.68. The summed E-state index contributed by atoms with van der Waals surface area (Å²) >= 11 is 0. The van der Waals surface area contributed by atoms with Crippen molar-refractivity contribution in [1.82, 2.24) is 0 Å². The third-order valence-electron chi connectivity index (χ3n) is 3.34. The number of hydrogen-bond donors (Lipinski definition) is 3. The number of allylic oxidation sites excluding steroid dienone is 2. The second-order valence-electron chi connectivity index (χ2n) is 5.26. The minimum atomic E-state index is 0.494. The molecule has 0 spiro atoms. The Bertz CT molecular complexity index is 712. The molecule has 0 aliphatic heterocycles. The lowest BCUT2D eigenvalue weighted by Crippen LogP contribution is -2.09. The number of nitrogens with two attached hydrogens (primary N) is 2. The first kappa shape index (κ1) is 16.2. The van der Waals surface area contributed by atoms with Crippen molar-refractivity contribution in [2.24, 2.45) is 5.73 Å². The van der Waals surface area contributed by atoms with Crippen LogP contribution in [0.5, 0.6) is 0 Å². The van der Waals surface area contributed by atoms with Gasteiger partial charge in [-0.25, -0.2) is 0 Å². The molecule has 4 nitrogen and oxygen atoms in total. The molecule has 0 aromatic heterocycles. The fourth-order valence-electron chi connectivity index (χ4n) is 2.05. The Kier molecular flexibility index (Phi) is 5.10. The van der Waals surface area contributed by atoms with E-state index in [-0.39, 0.29) is 0 Å². The summed E-state index contributed by atoms with van der Waals surface area (Å²) in [5, 5.41) is 3.20. The van der Waals surface area contributed by atoms with Gasteiger partial charge in [-0.15, -0.1) is 0 Å². The van der Waals surface area contributed by atoms with Gasteiger partial charge in [0.25, 0.3) is 0 Å². The van der Waals surface area contributed by atoms with Crippen molar-refractivity contribution in [2.75, 3.05) is 23.0 Å². The Hall–Kier alpha value is -3.14. The molecule has 0 heterocycles. The van der Waals surface area contributed by atoms with Gasteiger partial charge in [-0.3, -0.25) is 0 Å². The highest BCUT2D eigenvalue weighted by Crippen LogP contribution is 2.25. The van der Waals surface area contributed by atoms with Gasteiger partial charge in [0.2, 0.25) is 0 Å². The van der Waals surface area contributed by atoms with E-state index in [1.54, 1.807) is 12.2 Å². The van der Waals surface area contributed by atoms with Gasteiger partial charge in [0, 0.05) is 41.2 Å². The summed E-state index contributed by atoms with van der Waals surface area (Å²) in [6.45, 7) is 7.53. The van der Waals surface area contributed by atoms with Gasteiger partial charge in [0.15, 0.2) is 0 Å². The molecule has 0 fully saturated rings. The molecular formula is C19H22N4. The van der Waals surface area contributed by atoms with Crippen molar-refractivity contribution in [3.05, 3.63) is 85.2 Å². The maximum Gasteiger partial charge on any atom is 0.0409 e. The topological polar surface area (TPSA) is 67.3 Å². The van der Waals surface area contributed by atoms with Gasteiger partial charge in [-0.05, 0) is 60.7 Å². The predicted octanol–water partition coefficient (Wildman–Crippen LogP) is 3.99. The standard InChI is InChI=1S/C19H22N4/c1-14(20)4-5-15(2)22-17-8-12-19(13-9-17)23(3)18-10-6-16(21)7-11-18/h4-13,22H,1-2,20-21H2,3H3/b5-4-. The first-order chi connectivity index (χ1) is 11.0. The van der Waals surface area contributed by atoms with Crippen LogP contribution in [-0.2, 0) is 0 Å². The first-order valence-electron chi connectivity index (χ1n) is 7.23. The average molecular weight is 306 g/mol. The normalized spacial score (nSPS) is 10.5. The highest BCUT2D eigenvalue weighted by molar-refractivity contribution is 5.66. The van der Waals surface area contributed by atoms with Crippen LogP contribution in [0, 0.1) is 0 Å².